The fraction of sp³-hybridized carbons (Fsp3) is 0.600. The maximum Gasteiger partial charge on any atom is 0.228 e. The average molecular weight is 378 g/mol. The maximum atomic E-state index is 12.1. The van der Waals surface area contributed by atoms with Crippen LogP contribution in [0.5, 0.6) is 0 Å². The van der Waals surface area contributed by atoms with Crippen molar-refractivity contribution in [3.8, 4) is 0 Å². The molecule has 0 saturated carbocycles. The maximum absolute atomic E-state index is 12.1. The standard InChI is InChI=1S/C20H31NO2SSi/c1-14(23-25(5,6)20(2,3)4)18-16(21-19(18)22)12-13-17(24)15-10-8-7-9-11-15/h7-11,14,16,18H,12-13H2,1-6H3,(H,21,22)/t14-,16+,18-/m1/s1. The van der Waals surface area contributed by atoms with Gasteiger partial charge in [0.25, 0.3) is 0 Å². The van der Waals surface area contributed by atoms with Crippen molar-refractivity contribution in [1.29, 1.82) is 0 Å². The second kappa shape index (κ2) is 7.68. The van der Waals surface area contributed by atoms with Crippen molar-refractivity contribution in [2.75, 3.05) is 0 Å². The second-order valence-corrected chi connectivity index (χ2v) is 13.8. The lowest BCUT2D eigenvalue weighted by Crippen LogP contribution is -2.63. The summed E-state index contributed by atoms with van der Waals surface area (Å²) in [4.78, 5) is 13.1. The van der Waals surface area contributed by atoms with Crippen LogP contribution in [0.15, 0.2) is 30.3 Å². The summed E-state index contributed by atoms with van der Waals surface area (Å²) in [6.45, 7) is 13.2. The smallest absolute Gasteiger partial charge is 0.228 e. The quantitative estimate of drug-likeness (QED) is 0.324. The number of carbonyl (C=O) groups is 1. The zero-order chi connectivity index (χ0) is 18.8. The summed E-state index contributed by atoms with van der Waals surface area (Å²) in [7, 11) is -1.88. The molecule has 1 aromatic carbocycles. The number of carbonyl (C=O) groups excluding carboxylic acids is 1. The molecule has 0 aliphatic carbocycles. The van der Waals surface area contributed by atoms with E-state index in [1.54, 1.807) is 0 Å². The average Bonchev–Trinajstić information content (AvgIpc) is 2.49. The topological polar surface area (TPSA) is 38.3 Å². The summed E-state index contributed by atoms with van der Waals surface area (Å²) in [6, 6.07) is 10.3. The van der Waals surface area contributed by atoms with E-state index in [0.29, 0.717) is 0 Å². The molecule has 0 aromatic heterocycles. The summed E-state index contributed by atoms with van der Waals surface area (Å²) in [5.74, 6) is 0.0505. The third kappa shape index (κ3) is 4.77. The molecule has 1 heterocycles. The number of β-lactam (4-membered cyclic amide) rings is 1. The number of rotatable bonds is 7. The molecule has 25 heavy (non-hydrogen) atoms. The van der Waals surface area contributed by atoms with Gasteiger partial charge >= 0.3 is 0 Å². The Balaban J connectivity index is 1.93. The van der Waals surface area contributed by atoms with Crippen LogP contribution in [0.1, 0.15) is 46.1 Å². The minimum Gasteiger partial charge on any atom is -0.413 e. The van der Waals surface area contributed by atoms with E-state index in [0.717, 1.165) is 23.3 Å². The van der Waals surface area contributed by atoms with Crippen LogP contribution in [0.2, 0.25) is 18.1 Å². The van der Waals surface area contributed by atoms with Gasteiger partial charge in [-0.15, -0.1) is 0 Å². The van der Waals surface area contributed by atoms with Gasteiger partial charge in [-0.25, -0.2) is 0 Å². The Kier molecular flexibility index (Phi) is 6.23. The summed E-state index contributed by atoms with van der Waals surface area (Å²) >= 11 is 5.54. The van der Waals surface area contributed by atoms with E-state index in [9.17, 15) is 4.79 Å². The van der Waals surface area contributed by atoms with E-state index in [2.05, 4.69) is 39.2 Å². The largest absolute Gasteiger partial charge is 0.413 e. The van der Waals surface area contributed by atoms with Gasteiger partial charge in [-0.2, -0.15) is 0 Å². The van der Waals surface area contributed by atoms with Gasteiger partial charge in [0.1, 0.15) is 0 Å². The Morgan fingerprint density at radius 3 is 2.40 bits per heavy atom. The molecule has 0 spiro atoms. The fourth-order valence-electron chi connectivity index (χ4n) is 3.02. The lowest BCUT2D eigenvalue weighted by Gasteiger charge is -2.45. The van der Waals surface area contributed by atoms with Crippen LogP contribution in [0.25, 0.3) is 0 Å². The highest BCUT2D eigenvalue weighted by atomic mass is 32.1. The number of amides is 1. The Morgan fingerprint density at radius 1 is 1.28 bits per heavy atom. The van der Waals surface area contributed by atoms with Gasteiger partial charge < -0.3 is 9.74 Å². The Morgan fingerprint density at radius 2 is 1.88 bits per heavy atom. The minimum absolute atomic E-state index is 0.0510. The lowest BCUT2D eigenvalue weighted by atomic mass is 9.83. The SMILES string of the molecule is C[C@@H](O[Si](C)(C)C(C)(C)C)[C@H]1C(=O)N[C@H]1CCC(=S)c1ccccc1. The third-order valence-corrected chi connectivity index (χ3v) is 10.6. The van der Waals surface area contributed by atoms with Crippen LogP contribution < -0.4 is 5.32 Å². The molecular weight excluding hydrogens is 346 g/mol. The molecule has 1 amide bonds. The Bertz CT molecular complexity index is 624. The molecule has 3 nitrogen and oxygen atoms in total. The van der Waals surface area contributed by atoms with Gasteiger partial charge in [0.2, 0.25) is 5.91 Å². The van der Waals surface area contributed by atoms with E-state index < -0.39 is 8.32 Å². The van der Waals surface area contributed by atoms with E-state index >= 15 is 0 Å². The molecule has 2 rings (SSSR count). The van der Waals surface area contributed by atoms with E-state index in [-0.39, 0.29) is 29.0 Å². The second-order valence-electron chi connectivity index (χ2n) is 8.55. The summed E-state index contributed by atoms with van der Waals surface area (Å²) in [5, 5.41) is 3.19. The first-order valence-corrected chi connectivity index (χ1v) is 12.4. The van der Waals surface area contributed by atoms with Crippen LogP contribution in [0.3, 0.4) is 0 Å². The van der Waals surface area contributed by atoms with Crippen molar-refractivity contribution in [2.45, 2.75) is 70.8 Å². The van der Waals surface area contributed by atoms with E-state index in [4.69, 9.17) is 16.6 Å². The molecule has 1 saturated heterocycles. The Labute approximate surface area is 158 Å². The molecule has 3 atom stereocenters. The van der Waals surface area contributed by atoms with E-state index in [1.807, 2.05) is 37.3 Å². The monoisotopic (exact) mass is 377 g/mol. The van der Waals surface area contributed by atoms with Gasteiger partial charge in [-0.3, -0.25) is 4.79 Å². The van der Waals surface area contributed by atoms with Gasteiger partial charge in [0, 0.05) is 10.9 Å². The molecule has 1 aliphatic rings. The molecule has 0 unspecified atom stereocenters. The van der Waals surface area contributed by atoms with Crippen LogP contribution in [-0.4, -0.2) is 31.2 Å². The highest BCUT2D eigenvalue weighted by Crippen LogP contribution is 2.39. The molecule has 1 aliphatic heterocycles. The predicted octanol–water partition coefficient (Wildman–Crippen LogP) is 4.71. The van der Waals surface area contributed by atoms with Gasteiger partial charge in [0.15, 0.2) is 8.32 Å². The van der Waals surface area contributed by atoms with Crippen molar-refractivity contribution >= 4 is 31.3 Å². The minimum atomic E-state index is -1.88. The number of thiocarbonyl (C=S) groups is 1. The zero-order valence-corrected chi connectivity index (χ0v) is 18.1. The highest BCUT2D eigenvalue weighted by molar-refractivity contribution is 7.80. The fourth-order valence-corrected chi connectivity index (χ4v) is 4.70. The Hall–Kier alpha value is -1.04. The third-order valence-electron chi connectivity index (χ3n) is 5.63. The van der Waals surface area contributed by atoms with Crippen molar-refractivity contribution in [2.24, 2.45) is 5.92 Å². The lowest BCUT2D eigenvalue weighted by molar-refractivity contribution is -0.140. The molecule has 138 valence electrons. The van der Waals surface area contributed by atoms with Crippen LogP contribution in [-0.2, 0) is 9.22 Å². The van der Waals surface area contributed by atoms with Crippen molar-refractivity contribution in [3.05, 3.63) is 35.9 Å². The summed E-state index contributed by atoms with van der Waals surface area (Å²) < 4.78 is 6.44. The molecular formula is C20H31NO2SSi. The van der Waals surface area contributed by atoms with Crippen LogP contribution in [0, 0.1) is 5.92 Å². The first kappa shape index (κ1) is 20.3. The number of benzene rings is 1. The molecule has 1 aromatic rings. The van der Waals surface area contributed by atoms with Crippen molar-refractivity contribution in [1.82, 2.24) is 5.32 Å². The van der Waals surface area contributed by atoms with Crippen LogP contribution in [0.4, 0.5) is 0 Å². The predicted molar refractivity (Wildman–Crippen MR) is 111 cm³/mol. The van der Waals surface area contributed by atoms with Crippen molar-refractivity contribution < 1.29 is 9.22 Å². The van der Waals surface area contributed by atoms with Gasteiger partial charge in [0.05, 0.1) is 12.0 Å². The van der Waals surface area contributed by atoms with Crippen LogP contribution >= 0.6 is 12.2 Å². The molecule has 1 fully saturated rings. The first-order chi connectivity index (χ1) is 11.5. The number of nitrogens with one attached hydrogen (secondary N) is 1. The summed E-state index contributed by atoms with van der Waals surface area (Å²) in [6.07, 6.45) is 1.63. The number of hydrogen-bond donors (Lipinski definition) is 1. The molecule has 0 radical (unpaired) electrons. The molecule has 5 heteroatoms. The summed E-state index contributed by atoms with van der Waals surface area (Å²) in [5.41, 5.74) is 1.10. The zero-order valence-electron chi connectivity index (χ0n) is 16.3. The normalized spacial score (nSPS) is 22.1. The number of hydrogen-bond acceptors (Lipinski definition) is 3. The van der Waals surface area contributed by atoms with Gasteiger partial charge in [-0.1, -0.05) is 63.3 Å². The molecule has 0 bridgehead atoms. The highest BCUT2D eigenvalue weighted by Gasteiger charge is 2.47. The van der Waals surface area contributed by atoms with E-state index in [1.165, 1.54) is 0 Å². The van der Waals surface area contributed by atoms with Gasteiger partial charge in [-0.05, 0) is 43.5 Å². The molecule has 1 N–H and O–H groups in total. The van der Waals surface area contributed by atoms with Crippen molar-refractivity contribution in [3.63, 3.8) is 0 Å². The first-order valence-electron chi connectivity index (χ1n) is 9.09.